The van der Waals surface area contributed by atoms with Crippen LogP contribution in [0.3, 0.4) is 0 Å². The number of phenolic OH excluding ortho intramolecular Hbond substituents is 1. The fourth-order valence-electron chi connectivity index (χ4n) is 12.4. The maximum absolute atomic E-state index is 11.9. The number of phenols is 1. The van der Waals surface area contributed by atoms with Crippen molar-refractivity contribution in [3.8, 4) is 17.2 Å². The Hall–Kier alpha value is -1.56. The van der Waals surface area contributed by atoms with Gasteiger partial charge in [0.25, 0.3) is 0 Å². The van der Waals surface area contributed by atoms with Gasteiger partial charge in [-0.25, -0.2) is 0 Å². The average molecular weight is 627 g/mol. The zero-order valence-corrected chi connectivity index (χ0v) is 27.2. The van der Waals surface area contributed by atoms with Crippen LogP contribution in [0, 0.1) is 45.3 Å². The van der Waals surface area contributed by atoms with Gasteiger partial charge in [-0.2, -0.15) is 16.8 Å². The van der Waals surface area contributed by atoms with Crippen LogP contribution < -0.4 is 8.37 Å². The molecule has 1 aromatic carbocycles. The topological polar surface area (TPSA) is 147 Å². The normalized spacial score (nSPS) is 42.4. The van der Waals surface area contributed by atoms with Crippen molar-refractivity contribution in [1.29, 1.82) is 0 Å². The predicted molar refractivity (Wildman–Crippen MR) is 157 cm³/mol. The van der Waals surface area contributed by atoms with Crippen LogP contribution in [-0.4, -0.2) is 31.0 Å². The Morgan fingerprint density at radius 2 is 1.24 bits per heavy atom. The first-order valence-corrected chi connectivity index (χ1v) is 18.1. The Morgan fingerprint density at radius 3 is 1.83 bits per heavy atom. The largest absolute Gasteiger partial charge is 0.504 e. The van der Waals surface area contributed by atoms with E-state index in [0.717, 1.165) is 25.3 Å². The van der Waals surface area contributed by atoms with Gasteiger partial charge in [0.05, 0.1) is 0 Å². The van der Waals surface area contributed by atoms with E-state index in [1.54, 1.807) is 0 Å². The first-order chi connectivity index (χ1) is 19.2. The second-order valence-electron chi connectivity index (χ2n) is 15.9. The molecule has 6 rings (SSSR count). The molecule has 4 fully saturated rings. The van der Waals surface area contributed by atoms with Crippen molar-refractivity contribution in [2.45, 2.75) is 111 Å². The minimum atomic E-state index is -4.99. The number of hydrogen-bond donors (Lipinski definition) is 3. The lowest BCUT2D eigenvalue weighted by Crippen LogP contribution is -2.64. The van der Waals surface area contributed by atoms with Crippen molar-refractivity contribution < 1.29 is 39.4 Å². The third-order valence-corrected chi connectivity index (χ3v) is 14.4. The lowest BCUT2D eigenvalue weighted by molar-refractivity contribution is -0.216. The molecule has 0 bridgehead atoms. The zero-order chi connectivity index (χ0) is 30.9. The van der Waals surface area contributed by atoms with Gasteiger partial charge in [-0.05, 0) is 103 Å². The van der Waals surface area contributed by atoms with Crippen LogP contribution in [0.25, 0.3) is 0 Å². The highest BCUT2D eigenvalue weighted by molar-refractivity contribution is 7.81. The highest BCUT2D eigenvalue weighted by atomic mass is 32.3. The summed E-state index contributed by atoms with van der Waals surface area (Å²) in [6, 6.07) is 0.943. The molecule has 0 saturated heterocycles. The minimum Gasteiger partial charge on any atom is -0.504 e. The first-order valence-electron chi connectivity index (χ1n) is 15.4. The third-order valence-electron chi connectivity index (χ3n) is 13.6. The van der Waals surface area contributed by atoms with Gasteiger partial charge in [0.15, 0.2) is 17.2 Å². The Labute approximate surface area is 250 Å². The van der Waals surface area contributed by atoms with Crippen LogP contribution in [0.4, 0.5) is 0 Å². The van der Waals surface area contributed by atoms with E-state index in [0.29, 0.717) is 47.1 Å². The molecule has 0 amide bonds. The van der Waals surface area contributed by atoms with E-state index in [1.165, 1.54) is 32.1 Å². The van der Waals surface area contributed by atoms with Crippen LogP contribution in [0.1, 0.15) is 110 Å². The van der Waals surface area contributed by atoms with Crippen molar-refractivity contribution in [3.05, 3.63) is 17.2 Å². The van der Waals surface area contributed by atoms with E-state index in [-0.39, 0.29) is 27.9 Å². The fourth-order valence-corrected chi connectivity index (χ4v) is 13.1. The number of rotatable bonds is 4. The smallest absolute Gasteiger partial charge is 0.446 e. The van der Waals surface area contributed by atoms with E-state index < -0.39 is 37.7 Å². The van der Waals surface area contributed by atoms with E-state index in [1.807, 2.05) is 6.92 Å². The van der Waals surface area contributed by atoms with E-state index in [2.05, 4.69) is 34.6 Å². The highest BCUT2D eigenvalue weighted by Gasteiger charge is 2.69. The van der Waals surface area contributed by atoms with Gasteiger partial charge in [0.1, 0.15) is 0 Å². The summed E-state index contributed by atoms with van der Waals surface area (Å²) in [4.78, 5) is 0. The lowest BCUT2D eigenvalue weighted by Gasteiger charge is -2.71. The number of aromatic hydroxyl groups is 1. The Balaban J connectivity index is 1.45. The average Bonchev–Trinajstić information content (AvgIpc) is 3.13. The molecule has 1 aromatic rings. The zero-order valence-electron chi connectivity index (χ0n) is 25.6. The number of fused-ring (bicyclic) bond motifs is 9. The summed E-state index contributed by atoms with van der Waals surface area (Å²) in [5, 5.41) is 10.8. The molecule has 3 N–H and O–H groups in total. The molecule has 0 radical (unpaired) electrons. The molecule has 5 aliphatic carbocycles. The molecule has 0 aromatic heterocycles. The minimum absolute atomic E-state index is 0.0286. The molecule has 0 heterocycles. The standard InChI is InChI=1S/C31H46O9S2/c1-27(2)11-7-12-28(3)21(27)8-13-29(4)22(28)9-14-30(5)23(29)10-15-31(6)24(30)16-18-20(39-41(33,34)35)17-19(32)26(25(18)31)40-42(36,37)38/h17,21-24,32H,7-16H2,1-6H3,(H,33,34,35)(H,36,37,38)/t21-,22+,23+,24-,28-,29+,30+,31-/m0/s1. The van der Waals surface area contributed by atoms with Crippen LogP contribution >= 0.6 is 0 Å². The molecule has 0 spiro atoms. The van der Waals surface area contributed by atoms with E-state index in [9.17, 15) is 31.0 Å². The summed E-state index contributed by atoms with van der Waals surface area (Å²) >= 11 is 0. The third kappa shape index (κ3) is 4.26. The summed E-state index contributed by atoms with van der Waals surface area (Å²) in [6.45, 7) is 14.4. The van der Waals surface area contributed by atoms with Crippen LogP contribution in [0.2, 0.25) is 0 Å². The molecule has 11 heteroatoms. The molecule has 0 aliphatic heterocycles. The summed E-state index contributed by atoms with van der Waals surface area (Å²) in [5.74, 6) is 0.356. The summed E-state index contributed by atoms with van der Waals surface area (Å²) < 4.78 is 76.3. The molecular weight excluding hydrogens is 580 g/mol. The molecular formula is C31H46O9S2. The quantitative estimate of drug-likeness (QED) is 0.313. The van der Waals surface area contributed by atoms with Crippen molar-refractivity contribution in [1.82, 2.24) is 0 Å². The maximum Gasteiger partial charge on any atom is 0.446 e. The van der Waals surface area contributed by atoms with Crippen LogP contribution in [0.5, 0.6) is 17.2 Å². The Bertz CT molecular complexity index is 1540. The molecule has 9 nitrogen and oxygen atoms in total. The lowest BCUT2D eigenvalue weighted by atomic mass is 9.34. The molecule has 0 unspecified atom stereocenters. The van der Waals surface area contributed by atoms with Crippen molar-refractivity contribution in [2.75, 3.05) is 0 Å². The maximum atomic E-state index is 11.9. The van der Waals surface area contributed by atoms with Gasteiger partial charge in [0, 0.05) is 22.6 Å². The predicted octanol–water partition coefficient (Wildman–Crippen LogP) is 6.64. The second-order valence-corrected chi connectivity index (χ2v) is 18.0. The Kier molecular flexibility index (Phi) is 6.53. The fraction of sp³-hybridized carbons (Fsp3) is 0.806. The molecule has 5 aliphatic rings. The van der Waals surface area contributed by atoms with Crippen molar-refractivity contribution >= 4 is 20.8 Å². The van der Waals surface area contributed by atoms with Gasteiger partial charge in [-0.3, -0.25) is 9.11 Å². The molecule has 4 saturated carbocycles. The summed E-state index contributed by atoms with van der Waals surface area (Å²) in [7, 11) is -9.92. The summed E-state index contributed by atoms with van der Waals surface area (Å²) in [5.41, 5.74) is 0.622. The van der Waals surface area contributed by atoms with Crippen molar-refractivity contribution in [2.24, 2.45) is 45.3 Å². The number of hydrogen-bond acceptors (Lipinski definition) is 7. The highest BCUT2D eigenvalue weighted by Crippen LogP contribution is 2.76. The van der Waals surface area contributed by atoms with Crippen molar-refractivity contribution in [3.63, 3.8) is 0 Å². The molecule has 236 valence electrons. The van der Waals surface area contributed by atoms with Gasteiger partial charge >= 0.3 is 20.8 Å². The van der Waals surface area contributed by atoms with E-state index in [4.69, 9.17) is 8.37 Å². The van der Waals surface area contributed by atoms with Crippen LogP contribution in [-0.2, 0) is 32.6 Å². The van der Waals surface area contributed by atoms with Gasteiger partial charge in [-0.15, -0.1) is 0 Å². The first kappa shape index (κ1) is 30.5. The van der Waals surface area contributed by atoms with E-state index >= 15 is 0 Å². The monoisotopic (exact) mass is 626 g/mol. The number of benzene rings is 1. The van der Waals surface area contributed by atoms with Gasteiger partial charge in [0.2, 0.25) is 0 Å². The van der Waals surface area contributed by atoms with Gasteiger partial charge < -0.3 is 13.5 Å². The molecule has 42 heavy (non-hydrogen) atoms. The molecule has 8 atom stereocenters. The summed E-state index contributed by atoms with van der Waals surface area (Å²) in [6.07, 6.45) is 10.2. The van der Waals surface area contributed by atoms with Gasteiger partial charge in [-0.1, -0.05) is 48.0 Å². The Morgan fingerprint density at radius 1 is 0.714 bits per heavy atom. The SMILES string of the molecule is CC1(C)CCC[C@]2(C)[C@H]3CC[C@]4(C)[C@H](CC[C@]5(C)c6c(c(OS(=O)(=O)O)cc(O)c6OS(=O)(=O)O)C[C@@H]45)[C@]3(C)CC[C@@H]12. The van der Waals surface area contributed by atoms with Crippen LogP contribution in [0.15, 0.2) is 6.07 Å². The second kappa shape index (κ2) is 9.01.